The Bertz CT molecular complexity index is 614. The first-order valence-corrected chi connectivity index (χ1v) is 7.59. The van der Waals surface area contributed by atoms with E-state index in [2.05, 4.69) is 5.32 Å². The van der Waals surface area contributed by atoms with Crippen LogP contribution in [0.2, 0.25) is 0 Å². The normalized spacial score (nSPS) is 48.0. The van der Waals surface area contributed by atoms with Crippen LogP contribution in [-0.4, -0.2) is 34.2 Å². The molecule has 1 saturated carbocycles. The molecule has 0 radical (unpaired) electrons. The molecule has 2 aliphatic heterocycles. The van der Waals surface area contributed by atoms with E-state index in [1.807, 2.05) is 12.1 Å². The fraction of sp³-hybridized carbons (Fsp3) is 0.625. The van der Waals surface area contributed by atoms with Gasteiger partial charge in [-0.1, -0.05) is 6.07 Å². The Balaban J connectivity index is 1.83. The maximum Gasteiger partial charge on any atom is 0.156 e. The van der Waals surface area contributed by atoms with Crippen LogP contribution in [-0.2, 0) is 16.6 Å². The minimum absolute atomic E-state index is 0.0560. The molecular formula is C16H19NO3. The Morgan fingerprint density at radius 1 is 1.30 bits per heavy atom. The van der Waals surface area contributed by atoms with Gasteiger partial charge in [-0.15, -0.1) is 0 Å². The Hall–Kier alpha value is -1.10. The summed E-state index contributed by atoms with van der Waals surface area (Å²) in [6.07, 6.45) is 4.57. The maximum atomic E-state index is 11.5. The average Bonchev–Trinajstić information content (AvgIpc) is 2.43. The summed E-state index contributed by atoms with van der Waals surface area (Å²) in [7, 11) is 0. The molecule has 0 aromatic heterocycles. The van der Waals surface area contributed by atoms with Crippen LogP contribution in [0, 0.1) is 0 Å². The summed E-state index contributed by atoms with van der Waals surface area (Å²) in [6, 6.07) is 5.61. The smallest absolute Gasteiger partial charge is 0.156 e. The van der Waals surface area contributed by atoms with Gasteiger partial charge in [0.1, 0.15) is 11.4 Å². The van der Waals surface area contributed by atoms with E-state index < -0.39 is 11.3 Å². The Morgan fingerprint density at radius 2 is 2.20 bits per heavy atom. The van der Waals surface area contributed by atoms with Crippen LogP contribution in [0.15, 0.2) is 18.2 Å². The molecule has 4 nitrogen and oxygen atoms in total. The lowest BCUT2D eigenvalue weighted by Gasteiger charge is -2.74. The first-order chi connectivity index (χ1) is 9.61. The van der Waals surface area contributed by atoms with E-state index in [1.54, 1.807) is 6.07 Å². The van der Waals surface area contributed by atoms with Gasteiger partial charge in [0.15, 0.2) is 5.72 Å². The molecule has 2 heterocycles. The van der Waals surface area contributed by atoms with E-state index >= 15 is 0 Å². The number of piperidine rings is 1. The van der Waals surface area contributed by atoms with Crippen molar-refractivity contribution < 1.29 is 14.9 Å². The number of phenols is 1. The third kappa shape index (κ3) is 0.955. The van der Waals surface area contributed by atoms with Gasteiger partial charge in [-0.25, -0.2) is 0 Å². The van der Waals surface area contributed by atoms with E-state index in [9.17, 15) is 10.2 Å². The molecule has 5 rings (SSSR count). The topological polar surface area (TPSA) is 61.7 Å². The number of nitrogens with one attached hydrogen (secondary N) is 1. The quantitative estimate of drug-likeness (QED) is 0.664. The molecule has 1 aromatic carbocycles. The minimum atomic E-state index is -0.808. The van der Waals surface area contributed by atoms with Crippen LogP contribution in [0.25, 0.3) is 0 Å². The van der Waals surface area contributed by atoms with Crippen LogP contribution in [0.1, 0.15) is 36.8 Å². The van der Waals surface area contributed by atoms with Gasteiger partial charge in [-0.3, -0.25) is 5.32 Å². The first kappa shape index (κ1) is 11.5. The predicted octanol–water partition coefficient (Wildman–Crippen LogP) is 1.19. The van der Waals surface area contributed by atoms with Crippen molar-refractivity contribution in [1.29, 1.82) is 0 Å². The Morgan fingerprint density at radius 3 is 3.10 bits per heavy atom. The van der Waals surface area contributed by atoms with Gasteiger partial charge >= 0.3 is 0 Å². The van der Waals surface area contributed by atoms with Crippen LogP contribution in [0.4, 0.5) is 0 Å². The second kappa shape index (κ2) is 3.21. The molecule has 3 N–H and O–H groups in total. The zero-order chi connectivity index (χ0) is 13.6. The fourth-order valence-corrected chi connectivity index (χ4v) is 5.48. The van der Waals surface area contributed by atoms with Crippen molar-refractivity contribution in [3.05, 3.63) is 29.3 Å². The van der Waals surface area contributed by atoms with E-state index in [0.29, 0.717) is 12.2 Å². The molecule has 2 bridgehead atoms. The molecule has 1 aromatic rings. The third-order valence-corrected chi connectivity index (χ3v) is 6.24. The second-order valence-corrected chi connectivity index (χ2v) is 6.87. The monoisotopic (exact) mass is 273 g/mol. The number of benzene rings is 1. The standard InChI is InChI=1S/C16H19NO3/c18-11-4-3-10-9-15-16(19)13(20-15)2-1-5-14(16,6-7-17-15)12(10)8-11/h3-4,8,13,17-19H,1-2,5-7,9H2/t13?,14-,15-,16-/m0/s1. The number of fused-ring (bicyclic) bond motifs is 1. The van der Waals surface area contributed by atoms with Crippen LogP contribution in [0.5, 0.6) is 5.75 Å². The van der Waals surface area contributed by atoms with Gasteiger partial charge in [-0.2, -0.15) is 0 Å². The van der Waals surface area contributed by atoms with Crippen molar-refractivity contribution in [2.75, 3.05) is 6.54 Å². The first-order valence-electron chi connectivity index (χ1n) is 7.59. The van der Waals surface area contributed by atoms with Crippen molar-refractivity contribution >= 4 is 0 Å². The number of rotatable bonds is 0. The molecule has 4 atom stereocenters. The molecule has 0 spiro atoms. The molecule has 20 heavy (non-hydrogen) atoms. The summed E-state index contributed by atoms with van der Waals surface area (Å²) >= 11 is 0. The molecule has 4 heteroatoms. The van der Waals surface area contributed by atoms with Crippen molar-refractivity contribution in [3.63, 3.8) is 0 Å². The number of phenolic OH excluding ortho intramolecular Hbond substituents is 1. The minimum Gasteiger partial charge on any atom is -0.508 e. The summed E-state index contributed by atoms with van der Waals surface area (Å²) in [5.74, 6) is 0.301. The number of aliphatic hydroxyl groups is 1. The van der Waals surface area contributed by atoms with Crippen LogP contribution in [0.3, 0.4) is 0 Å². The predicted molar refractivity (Wildman–Crippen MR) is 72.5 cm³/mol. The average molecular weight is 273 g/mol. The molecule has 3 fully saturated rings. The summed E-state index contributed by atoms with van der Waals surface area (Å²) < 4.78 is 6.13. The highest BCUT2D eigenvalue weighted by molar-refractivity contribution is 5.51. The summed E-state index contributed by atoms with van der Waals surface area (Å²) in [4.78, 5) is 0. The number of aromatic hydroxyl groups is 1. The Kier molecular flexibility index (Phi) is 1.85. The summed E-state index contributed by atoms with van der Waals surface area (Å²) in [5, 5.41) is 24.9. The van der Waals surface area contributed by atoms with Crippen molar-refractivity contribution in [2.45, 2.75) is 54.9 Å². The molecular weight excluding hydrogens is 254 g/mol. The maximum absolute atomic E-state index is 11.5. The highest BCUT2D eigenvalue weighted by Crippen LogP contribution is 2.66. The molecule has 106 valence electrons. The van der Waals surface area contributed by atoms with Gasteiger partial charge in [0, 0.05) is 11.8 Å². The van der Waals surface area contributed by atoms with E-state index in [1.165, 1.54) is 5.56 Å². The van der Waals surface area contributed by atoms with Crippen molar-refractivity contribution in [2.24, 2.45) is 0 Å². The zero-order valence-electron chi connectivity index (χ0n) is 11.4. The lowest BCUT2D eigenvalue weighted by atomic mass is 9.45. The second-order valence-electron chi connectivity index (χ2n) is 6.87. The number of hydrogen-bond donors (Lipinski definition) is 3. The van der Waals surface area contributed by atoms with Gasteiger partial charge in [-0.05, 0) is 55.5 Å². The SMILES string of the molecule is Oc1ccc2c(c1)[C@]13CCCC4O[C@](C2)(NCC1)[C@]43O. The zero-order valence-corrected chi connectivity index (χ0v) is 11.4. The fourth-order valence-electron chi connectivity index (χ4n) is 5.48. The van der Waals surface area contributed by atoms with E-state index in [0.717, 1.165) is 37.8 Å². The lowest BCUT2D eigenvalue weighted by molar-refractivity contribution is -0.413. The Labute approximate surface area is 117 Å². The van der Waals surface area contributed by atoms with Crippen LogP contribution < -0.4 is 5.32 Å². The summed E-state index contributed by atoms with van der Waals surface area (Å²) in [5.41, 5.74) is 0.716. The van der Waals surface area contributed by atoms with E-state index in [4.69, 9.17) is 4.74 Å². The van der Waals surface area contributed by atoms with Crippen molar-refractivity contribution in [3.8, 4) is 5.75 Å². The molecule has 4 aliphatic rings. The van der Waals surface area contributed by atoms with Crippen molar-refractivity contribution in [1.82, 2.24) is 5.32 Å². The van der Waals surface area contributed by atoms with Gasteiger partial charge in [0.25, 0.3) is 0 Å². The highest BCUT2D eigenvalue weighted by Gasteiger charge is 2.79. The molecule has 2 saturated heterocycles. The van der Waals surface area contributed by atoms with Crippen LogP contribution >= 0.6 is 0 Å². The van der Waals surface area contributed by atoms with Gasteiger partial charge < -0.3 is 14.9 Å². The number of ether oxygens (including phenoxy) is 1. The van der Waals surface area contributed by atoms with E-state index in [-0.39, 0.29) is 11.5 Å². The lowest BCUT2D eigenvalue weighted by Crippen LogP contribution is -2.91. The molecule has 1 unspecified atom stereocenters. The van der Waals surface area contributed by atoms with Gasteiger partial charge in [0.2, 0.25) is 0 Å². The molecule has 0 amide bonds. The van der Waals surface area contributed by atoms with Gasteiger partial charge in [0.05, 0.1) is 6.10 Å². The highest BCUT2D eigenvalue weighted by atomic mass is 16.6. The summed E-state index contributed by atoms with van der Waals surface area (Å²) in [6.45, 7) is 0.865. The third-order valence-electron chi connectivity index (χ3n) is 6.24. The largest absolute Gasteiger partial charge is 0.508 e. The number of hydrogen-bond acceptors (Lipinski definition) is 4. The molecule has 2 aliphatic carbocycles.